The van der Waals surface area contributed by atoms with Gasteiger partial charge in [0.05, 0.1) is 6.10 Å². The number of rotatable bonds is 0. The van der Waals surface area contributed by atoms with Crippen molar-refractivity contribution in [2.75, 3.05) is 0 Å². The summed E-state index contributed by atoms with van der Waals surface area (Å²) in [4.78, 5) is 10.5. The molecule has 0 bridgehead atoms. The quantitative estimate of drug-likeness (QED) is 0.468. The van der Waals surface area contributed by atoms with Gasteiger partial charge in [-0.3, -0.25) is 4.79 Å². The number of alkyl halides is 1. The van der Waals surface area contributed by atoms with Crippen LogP contribution in [0.4, 0.5) is 4.39 Å². The van der Waals surface area contributed by atoms with Crippen molar-refractivity contribution in [3.8, 4) is 0 Å². The van der Waals surface area contributed by atoms with Crippen LogP contribution in [0, 0.1) is 0 Å². The Morgan fingerprint density at radius 3 is 2.90 bits per heavy atom. The standard InChI is InChI=1S/C5H9FN2O2/c1-2-4(7)8-5(9)3(6)10-2/h2-4H,7H2,1H3,(H,8,9). The Balaban J connectivity index is 2.54. The normalized spacial score (nSPS) is 41.1. The van der Waals surface area contributed by atoms with Gasteiger partial charge < -0.3 is 15.8 Å². The Labute approximate surface area is 57.5 Å². The van der Waals surface area contributed by atoms with Crippen LogP contribution >= 0.6 is 0 Å². The minimum atomic E-state index is -1.87. The number of amides is 1. The molecular formula is C5H9FN2O2. The van der Waals surface area contributed by atoms with Crippen molar-refractivity contribution in [1.82, 2.24) is 5.32 Å². The fourth-order valence-corrected chi connectivity index (χ4v) is 0.682. The van der Waals surface area contributed by atoms with Crippen LogP contribution in [0.5, 0.6) is 0 Å². The molecule has 0 spiro atoms. The Hall–Kier alpha value is -0.680. The number of hydrogen-bond donors (Lipinski definition) is 2. The summed E-state index contributed by atoms with van der Waals surface area (Å²) < 4.78 is 16.8. The van der Waals surface area contributed by atoms with Crippen LogP contribution in [0.2, 0.25) is 0 Å². The van der Waals surface area contributed by atoms with Gasteiger partial charge in [-0.05, 0) is 6.92 Å². The van der Waals surface area contributed by atoms with Gasteiger partial charge in [0.2, 0.25) is 0 Å². The molecule has 58 valence electrons. The van der Waals surface area contributed by atoms with Crippen molar-refractivity contribution < 1.29 is 13.9 Å². The molecule has 0 radical (unpaired) electrons. The summed E-state index contributed by atoms with van der Waals surface area (Å²) in [6.45, 7) is 1.59. The minimum absolute atomic E-state index is 0.465. The maximum absolute atomic E-state index is 12.3. The molecule has 5 heteroatoms. The number of hydrogen-bond acceptors (Lipinski definition) is 3. The molecule has 1 saturated heterocycles. The van der Waals surface area contributed by atoms with E-state index in [0.717, 1.165) is 0 Å². The molecule has 1 aliphatic rings. The van der Waals surface area contributed by atoms with Gasteiger partial charge in [-0.25, -0.2) is 4.39 Å². The van der Waals surface area contributed by atoms with Gasteiger partial charge >= 0.3 is 0 Å². The van der Waals surface area contributed by atoms with E-state index in [1.54, 1.807) is 6.92 Å². The van der Waals surface area contributed by atoms with E-state index in [1.165, 1.54) is 0 Å². The number of nitrogens with two attached hydrogens (primary N) is 1. The first-order chi connectivity index (χ1) is 4.61. The van der Waals surface area contributed by atoms with Crippen LogP contribution in [0.1, 0.15) is 6.92 Å². The Kier molecular flexibility index (Phi) is 1.87. The highest BCUT2D eigenvalue weighted by atomic mass is 19.1. The number of carbonyl (C=O) groups is 1. The molecule has 1 aliphatic heterocycles. The molecule has 1 amide bonds. The molecule has 1 fully saturated rings. The smallest absolute Gasteiger partial charge is 0.283 e. The van der Waals surface area contributed by atoms with Crippen molar-refractivity contribution in [3.63, 3.8) is 0 Å². The second kappa shape index (κ2) is 2.51. The van der Waals surface area contributed by atoms with Crippen molar-refractivity contribution in [1.29, 1.82) is 0 Å². The van der Waals surface area contributed by atoms with Crippen LogP contribution in [0.15, 0.2) is 0 Å². The van der Waals surface area contributed by atoms with Crippen molar-refractivity contribution in [2.24, 2.45) is 5.73 Å². The van der Waals surface area contributed by atoms with Gasteiger partial charge in [0, 0.05) is 0 Å². The van der Waals surface area contributed by atoms with Crippen molar-refractivity contribution >= 4 is 5.91 Å². The van der Waals surface area contributed by atoms with E-state index >= 15 is 0 Å². The van der Waals surface area contributed by atoms with Crippen molar-refractivity contribution in [2.45, 2.75) is 25.6 Å². The molecule has 4 nitrogen and oxygen atoms in total. The number of morpholine rings is 1. The predicted molar refractivity (Wildman–Crippen MR) is 31.6 cm³/mol. The van der Waals surface area contributed by atoms with E-state index in [-0.39, 0.29) is 0 Å². The second-order valence-corrected chi connectivity index (χ2v) is 2.19. The molecule has 1 rings (SSSR count). The van der Waals surface area contributed by atoms with Crippen LogP contribution < -0.4 is 11.1 Å². The summed E-state index contributed by atoms with van der Waals surface area (Å²) in [6.07, 6.45) is -2.93. The highest BCUT2D eigenvalue weighted by Crippen LogP contribution is 2.07. The molecule has 1 heterocycles. The summed E-state index contributed by atoms with van der Waals surface area (Å²) in [5, 5.41) is 2.22. The largest absolute Gasteiger partial charge is 0.334 e. The third-order valence-corrected chi connectivity index (χ3v) is 1.35. The zero-order chi connectivity index (χ0) is 7.72. The Morgan fingerprint density at radius 1 is 1.80 bits per heavy atom. The summed E-state index contributed by atoms with van der Waals surface area (Å²) in [7, 11) is 0. The lowest BCUT2D eigenvalue weighted by atomic mass is 10.3. The van der Waals surface area contributed by atoms with Crippen LogP contribution in [0.25, 0.3) is 0 Å². The third kappa shape index (κ3) is 1.25. The van der Waals surface area contributed by atoms with Gasteiger partial charge in [-0.1, -0.05) is 0 Å². The molecule has 0 aromatic rings. The first kappa shape index (κ1) is 7.43. The lowest BCUT2D eigenvalue weighted by Crippen LogP contribution is -2.58. The number of halogens is 1. The molecule has 0 saturated carbocycles. The van der Waals surface area contributed by atoms with E-state index in [0.29, 0.717) is 0 Å². The average molecular weight is 148 g/mol. The zero-order valence-electron chi connectivity index (χ0n) is 5.50. The number of nitrogens with one attached hydrogen (secondary N) is 1. The molecule has 0 aromatic heterocycles. The van der Waals surface area contributed by atoms with E-state index < -0.39 is 24.5 Å². The van der Waals surface area contributed by atoms with Crippen LogP contribution in [0.3, 0.4) is 0 Å². The van der Waals surface area contributed by atoms with Crippen LogP contribution in [-0.4, -0.2) is 24.5 Å². The molecule has 10 heavy (non-hydrogen) atoms. The number of carbonyl (C=O) groups excluding carboxylic acids is 1. The molecule has 0 aromatic carbocycles. The average Bonchev–Trinajstić information content (AvgIpc) is 1.84. The van der Waals surface area contributed by atoms with Gasteiger partial charge in [0.25, 0.3) is 12.3 Å². The highest BCUT2D eigenvalue weighted by Gasteiger charge is 2.31. The molecule has 3 atom stereocenters. The van der Waals surface area contributed by atoms with E-state index in [9.17, 15) is 9.18 Å². The Morgan fingerprint density at radius 2 is 2.40 bits per heavy atom. The summed E-state index contributed by atoms with van der Waals surface area (Å²) in [5.74, 6) is -0.800. The van der Waals surface area contributed by atoms with Gasteiger partial charge in [-0.15, -0.1) is 0 Å². The minimum Gasteiger partial charge on any atom is -0.334 e. The molecule has 3 unspecified atom stereocenters. The maximum atomic E-state index is 12.3. The van der Waals surface area contributed by atoms with Gasteiger partial charge in [0.1, 0.15) is 6.17 Å². The van der Waals surface area contributed by atoms with E-state index in [2.05, 4.69) is 10.1 Å². The highest BCUT2D eigenvalue weighted by molar-refractivity contribution is 5.80. The fourth-order valence-electron chi connectivity index (χ4n) is 0.682. The fraction of sp³-hybridized carbons (Fsp3) is 0.800. The lowest BCUT2D eigenvalue weighted by molar-refractivity contribution is -0.166. The summed E-state index contributed by atoms with van der Waals surface area (Å²) in [5.41, 5.74) is 5.31. The number of ether oxygens (including phenoxy) is 1. The summed E-state index contributed by atoms with van der Waals surface area (Å²) >= 11 is 0. The SMILES string of the molecule is CC1OC(F)C(=O)NC1N. The topological polar surface area (TPSA) is 64.3 Å². The zero-order valence-corrected chi connectivity index (χ0v) is 5.50. The summed E-state index contributed by atoms with van der Waals surface area (Å²) in [6, 6.07) is 0. The first-order valence-corrected chi connectivity index (χ1v) is 2.97. The van der Waals surface area contributed by atoms with Gasteiger partial charge in [-0.2, -0.15) is 0 Å². The maximum Gasteiger partial charge on any atom is 0.283 e. The molecule has 3 N–H and O–H groups in total. The van der Waals surface area contributed by atoms with Crippen LogP contribution in [-0.2, 0) is 9.53 Å². The van der Waals surface area contributed by atoms with E-state index in [1.807, 2.05) is 0 Å². The first-order valence-electron chi connectivity index (χ1n) is 2.97. The van der Waals surface area contributed by atoms with Crippen molar-refractivity contribution in [3.05, 3.63) is 0 Å². The monoisotopic (exact) mass is 148 g/mol. The van der Waals surface area contributed by atoms with Gasteiger partial charge in [0.15, 0.2) is 0 Å². The second-order valence-electron chi connectivity index (χ2n) is 2.19. The molecular weight excluding hydrogens is 139 g/mol. The molecule has 0 aliphatic carbocycles. The Bertz CT molecular complexity index is 153. The third-order valence-electron chi connectivity index (χ3n) is 1.35. The lowest BCUT2D eigenvalue weighted by Gasteiger charge is -2.28. The van der Waals surface area contributed by atoms with E-state index in [4.69, 9.17) is 5.73 Å². The predicted octanol–water partition coefficient (Wildman–Crippen LogP) is -0.898.